The normalized spacial score (nSPS) is 10.1. The Bertz CT molecular complexity index is 620. The van der Waals surface area contributed by atoms with E-state index in [9.17, 15) is 4.79 Å². The molecule has 0 spiro atoms. The fraction of sp³-hybridized carbons (Fsp3) is 0.278. The van der Waals surface area contributed by atoms with E-state index in [2.05, 4.69) is 29.7 Å². The molecule has 0 unspecified atom stereocenters. The third-order valence-corrected chi connectivity index (χ3v) is 3.58. The molecule has 0 fully saturated rings. The average molecular weight is 297 g/mol. The Hall–Kier alpha value is -2.49. The Balaban J connectivity index is 1.79. The second-order valence-electron chi connectivity index (χ2n) is 5.50. The van der Waals surface area contributed by atoms with Crippen LogP contribution >= 0.6 is 0 Å². The first-order valence-corrected chi connectivity index (χ1v) is 7.43. The first kappa shape index (κ1) is 15.9. The molecule has 0 atom stereocenters. The lowest BCUT2D eigenvalue weighted by molar-refractivity contribution is 0.252. The minimum absolute atomic E-state index is 0.175. The van der Waals surface area contributed by atoms with E-state index in [4.69, 9.17) is 0 Å². The Labute approximate surface area is 132 Å². The summed E-state index contributed by atoms with van der Waals surface area (Å²) >= 11 is 0. The van der Waals surface area contributed by atoms with Crippen molar-refractivity contribution in [1.29, 1.82) is 0 Å². The fourth-order valence-corrected chi connectivity index (χ4v) is 2.22. The van der Waals surface area contributed by atoms with E-state index < -0.39 is 0 Å². The van der Waals surface area contributed by atoms with Crippen LogP contribution in [0.1, 0.15) is 11.1 Å². The summed E-state index contributed by atoms with van der Waals surface area (Å²) < 4.78 is 0. The molecule has 2 aromatic rings. The van der Waals surface area contributed by atoms with Gasteiger partial charge in [0.1, 0.15) is 0 Å². The van der Waals surface area contributed by atoms with Gasteiger partial charge in [-0.3, -0.25) is 0 Å². The molecule has 0 saturated heterocycles. The summed E-state index contributed by atoms with van der Waals surface area (Å²) in [7, 11) is 3.97. The summed E-state index contributed by atoms with van der Waals surface area (Å²) in [5, 5.41) is 5.72. The van der Waals surface area contributed by atoms with Gasteiger partial charge in [-0.1, -0.05) is 24.3 Å². The average Bonchev–Trinajstić information content (AvgIpc) is 2.50. The van der Waals surface area contributed by atoms with Crippen LogP contribution in [0.2, 0.25) is 0 Å². The van der Waals surface area contributed by atoms with Crippen LogP contribution in [0, 0.1) is 6.92 Å². The smallest absolute Gasteiger partial charge is 0.319 e. The van der Waals surface area contributed by atoms with E-state index in [1.807, 2.05) is 55.4 Å². The van der Waals surface area contributed by atoms with Gasteiger partial charge in [0, 0.05) is 32.0 Å². The van der Waals surface area contributed by atoms with E-state index in [0.29, 0.717) is 6.54 Å². The lowest BCUT2D eigenvalue weighted by Gasteiger charge is -2.13. The maximum atomic E-state index is 11.9. The summed E-state index contributed by atoms with van der Waals surface area (Å²) in [6.07, 6.45) is 0.833. The van der Waals surface area contributed by atoms with Crippen LogP contribution in [0.4, 0.5) is 16.2 Å². The predicted octanol–water partition coefficient (Wildman–Crippen LogP) is 3.43. The second kappa shape index (κ2) is 7.50. The zero-order chi connectivity index (χ0) is 15.9. The molecule has 2 N–H and O–H groups in total. The zero-order valence-corrected chi connectivity index (χ0v) is 13.4. The van der Waals surface area contributed by atoms with Crippen LogP contribution in [0.3, 0.4) is 0 Å². The van der Waals surface area contributed by atoms with Crippen molar-refractivity contribution in [1.82, 2.24) is 5.32 Å². The Kier molecular flexibility index (Phi) is 5.42. The molecule has 0 aliphatic heterocycles. The number of hydrogen-bond acceptors (Lipinski definition) is 2. The molecular weight excluding hydrogens is 274 g/mol. The molecular formula is C18H23N3O. The minimum Gasteiger partial charge on any atom is -0.378 e. The van der Waals surface area contributed by atoms with Crippen molar-refractivity contribution < 1.29 is 4.79 Å². The van der Waals surface area contributed by atoms with E-state index in [-0.39, 0.29) is 6.03 Å². The third-order valence-electron chi connectivity index (χ3n) is 3.58. The van der Waals surface area contributed by atoms with Crippen LogP contribution in [0.25, 0.3) is 0 Å². The molecule has 22 heavy (non-hydrogen) atoms. The van der Waals surface area contributed by atoms with E-state index in [1.54, 1.807) is 0 Å². The van der Waals surface area contributed by atoms with Crippen molar-refractivity contribution in [2.45, 2.75) is 13.3 Å². The van der Waals surface area contributed by atoms with Gasteiger partial charge in [-0.2, -0.15) is 0 Å². The number of amides is 2. The van der Waals surface area contributed by atoms with Crippen molar-refractivity contribution in [2.75, 3.05) is 30.9 Å². The summed E-state index contributed by atoms with van der Waals surface area (Å²) in [5.74, 6) is 0. The van der Waals surface area contributed by atoms with Gasteiger partial charge in [0.15, 0.2) is 0 Å². The highest BCUT2D eigenvalue weighted by Crippen LogP contribution is 2.15. The third kappa shape index (κ3) is 4.52. The molecule has 0 aromatic heterocycles. The van der Waals surface area contributed by atoms with Gasteiger partial charge in [-0.25, -0.2) is 4.79 Å². The highest BCUT2D eigenvalue weighted by atomic mass is 16.2. The summed E-state index contributed by atoms with van der Waals surface area (Å²) in [4.78, 5) is 13.9. The first-order chi connectivity index (χ1) is 10.6. The largest absolute Gasteiger partial charge is 0.378 e. The van der Waals surface area contributed by atoms with Crippen molar-refractivity contribution in [3.63, 3.8) is 0 Å². The molecule has 0 aliphatic rings. The van der Waals surface area contributed by atoms with Crippen LogP contribution in [0.15, 0.2) is 48.5 Å². The van der Waals surface area contributed by atoms with Gasteiger partial charge in [-0.05, 0) is 48.7 Å². The number of urea groups is 1. The van der Waals surface area contributed by atoms with Crippen molar-refractivity contribution >= 4 is 17.4 Å². The molecule has 0 radical (unpaired) electrons. The maximum absolute atomic E-state index is 11.9. The number of benzene rings is 2. The van der Waals surface area contributed by atoms with Gasteiger partial charge >= 0.3 is 6.03 Å². The standard InChI is InChI=1S/C18H23N3O/c1-14-6-4-5-7-15(14)12-13-19-18(22)20-16-8-10-17(11-9-16)21(2)3/h4-11H,12-13H2,1-3H3,(H2,19,20,22). The highest BCUT2D eigenvalue weighted by molar-refractivity contribution is 5.89. The topological polar surface area (TPSA) is 44.4 Å². The monoisotopic (exact) mass is 297 g/mol. The molecule has 2 amide bonds. The highest BCUT2D eigenvalue weighted by Gasteiger charge is 2.03. The van der Waals surface area contributed by atoms with E-state index in [0.717, 1.165) is 17.8 Å². The predicted molar refractivity (Wildman–Crippen MR) is 92.7 cm³/mol. The van der Waals surface area contributed by atoms with Gasteiger partial charge in [0.2, 0.25) is 0 Å². The molecule has 2 rings (SSSR count). The SMILES string of the molecule is Cc1ccccc1CCNC(=O)Nc1ccc(N(C)C)cc1. The quantitative estimate of drug-likeness (QED) is 0.888. The van der Waals surface area contributed by atoms with Crippen molar-refractivity contribution in [3.05, 3.63) is 59.7 Å². The summed E-state index contributed by atoms with van der Waals surface area (Å²) in [6.45, 7) is 2.70. The van der Waals surface area contributed by atoms with Crippen LogP contribution in [-0.2, 0) is 6.42 Å². The molecule has 0 saturated carbocycles. The minimum atomic E-state index is -0.175. The Morgan fingerprint density at radius 2 is 1.73 bits per heavy atom. The lowest BCUT2D eigenvalue weighted by atomic mass is 10.1. The van der Waals surface area contributed by atoms with Gasteiger partial charge in [-0.15, -0.1) is 0 Å². The van der Waals surface area contributed by atoms with Crippen LogP contribution < -0.4 is 15.5 Å². The number of nitrogens with zero attached hydrogens (tertiary/aromatic N) is 1. The maximum Gasteiger partial charge on any atom is 0.319 e. The fourth-order valence-electron chi connectivity index (χ4n) is 2.22. The van der Waals surface area contributed by atoms with E-state index in [1.165, 1.54) is 11.1 Å². The lowest BCUT2D eigenvalue weighted by Crippen LogP contribution is -2.30. The van der Waals surface area contributed by atoms with Gasteiger partial charge in [0.25, 0.3) is 0 Å². The molecule has 0 bridgehead atoms. The van der Waals surface area contributed by atoms with E-state index >= 15 is 0 Å². The molecule has 0 heterocycles. The molecule has 116 valence electrons. The number of nitrogens with one attached hydrogen (secondary N) is 2. The number of hydrogen-bond donors (Lipinski definition) is 2. The molecule has 0 aliphatic carbocycles. The number of anilines is 2. The zero-order valence-electron chi connectivity index (χ0n) is 13.4. The number of rotatable bonds is 5. The molecule has 4 nitrogen and oxygen atoms in total. The number of carbonyl (C=O) groups is 1. The molecule has 2 aromatic carbocycles. The number of aryl methyl sites for hydroxylation is 1. The second-order valence-corrected chi connectivity index (χ2v) is 5.50. The van der Waals surface area contributed by atoms with Gasteiger partial charge in [0.05, 0.1) is 0 Å². The van der Waals surface area contributed by atoms with Crippen LogP contribution in [0.5, 0.6) is 0 Å². The van der Waals surface area contributed by atoms with Crippen molar-refractivity contribution in [2.24, 2.45) is 0 Å². The summed E-state index contributed by atoms with van der Waals surface area (Å²) in [6, 6.07) is 15.8. The first-order valence-electron chi connectivity index (χ1n) is 7.43. The Morgan fingerprint density at radius 3 is 2.36 bits per heavy atom. The van der Waals surface area contributed by atoms with Gasteiger partial charge < -0.3 is 15.5 Å². The summed E-state index contributed by atoms with van der Waals surface area (Å²) in [5.41, 5.74) is 4.41. The van der Waals surface area contributed by atoms with Crippen molar-refractivity contribution in [3.8, 4) is 0 Å². The number of carbonyl (C=O) groups excluding carboxylic acids is 1. The Morgan fingerprint density at radius 1 is 1.05 bits per heavy atom. The molecule has 4 heteroatoms. The van der Waals surface area contributed by atoms with Crippen LogP contribution in [-0.4, -0.2) is 26.7 Å².